The van der Waals surface area contributed by atoms with Crippen LogP contribution in [0.2, 0.25) is 12.1 Å². The zero-order valence-corrected chi connectivity index (χ0v) is 15.0. The van der Waals surface area contributed by atoms with Crippen molar-refractivity contribution in [3.8, 4) is 0 Å². The second kappa shape index (κ2) is 11.9. The minimum absolute atomic E-state index is 0.358. The maximum atomic E-state index is 6.32. The van der Waals surface area contributed by atoms with E-state index in [1.54, 1.807) is 0 Å². The van der Waals surface area contributed by atoms with Gasteiger partial charge in [0.1, 0.15) is 0 Å². The van der Waals surface area contributed by atoms with Gasteiger partial charge < -0.3 is 8.85 Å². The van der Waals surface area contributed by atoms with Gasteiger partial charge in [0.15, 0.2) is 0 Å². The molecule has 0 saturated carbocycles. The highest BCUT2D eigenvalue weighted by Crippen LogP contribution is 2.22. The molecule has 0 bridgehead atoms. The maximum absolute atomic E-state index is 6.32. The average molecular weight is 289 g/mol. The van der Waals surface area contributed by atoms with E-state index >= 15 is 0 Å². The third kappa shape index (κ3) is 8.82. The molecular formula is C16H36O2Si. The molecule has 0 aliphatic heterocycles. The van der Waals surface area contributed by atoms with Crippen molar-refractivity contribution >= 4 is 8.56 Å². The molecule has 0 heterocycles. The Morgan fingerprint density at radius 3 is 2.00 bits per heavy atom. The molecule has 2 nitrogen and oxygen atoms in total. The molecule has 116 valence electrons. The Hall–Kier alpha value is 0.137. The van der Waals surface area contributed by atoms with Gasteiger partial charge in [-0.25, -0.2) is 0 Å². The van der Waals surface area contributed by atoms with Crippen LogP contribution in [0.4, 0.5) is 0 Å². The van der Waals surface area contributed by atoms with Crippen molar-refractivity contribution in [2.24, 2.45) is 0 Å². The first-order valence-corrected chi connectivity index (χ1v) is 10.7. The van der Waals surface area contributed by atoms with Crippen LogP contribution in [-0.4, -0.2) is 21.3 Å². The van der Waals surface area contributed by atoms with Gasteiger partial charge >= 0.3 is 8.56 Å². The predicted molar refractivity (Wildman–Crippen MR) is 86.9 cm³/mol. The van der Waals surface area contributed by atoms with Crippen LogP contribution in [-0.2, 0) is 8.85 Å². The molecule has 0 aliphatic rings. The third-order valence-electron chi connectivity index (χ3n) is 3.80. The zero-order chi connectivity index (χ0) is 14.6. The molecule has 0 amide bonds. The number of unbranched alkanes of at least 4 members (excludes halogenated alkanes) is 4. The van der Waals surface area contributed by atoms with E-state index in [1.807, 2.05) is 0 Å². The molecular weight excluding hydrogens is 252 g/mol. The van der Waals surface area contributed by atoms with E-state index in [2.05, 4.69) is 34.6 Å². The van der Waals surface area contributed by atoms with Crippen LogP contribution >= 0.6 is 0 Å². The first kappa shape index (κ1) is 19.1. The van der Waals surface area contributed by atoms with Crippen LogP contribution < -0.4 is 0 Å². The monoisotopic (exact) mass is 288 g/mol. The van der Waals surface area contributed by atoms with Crippen molar-refractivity contribution in [1.29, 1.82) is 0 Å². The van der Waals surface area contributed by atoms with Crippen LogP contribution in [0.25, 0.3) is 0 Å². The van der Waals surface area contributed by atoms with Gasteiger partial charge in [0, 0.05) is 12.7 Å². The summed E-state index contributed by atoms with van der Waals surface area (Å²) in [6, 6.07) is 2.15. The van der Waals surface area contributed by atoms with Crippen molar-refractivity contribution in [2.45, 2.75) is 97.8 Å². The lowest BCUT2D eigenvalue weighted by molar-refractivity contribution is 0.115. The van der Waals surface area contributed by atoms with E-state index < -0.39 is 8.56 Å². The Morgan fingerprint density at radius 1 is 0.842 bits per heavy atom. The molecule has 0 aromatic heterocycles. The lowest BCUT2D eigenvalue weighted by Crippen LogP contribution is -2.43. The lowest BCUT2D eigenvalue weighted by Gasteiger charge is -2.32. The Bertz CT molecular complexity index is 193. The van der Waals surface area contributed by atoms with Crippen molar-refractivity contribution in [2.75, 3.05) is 6.61 Å². The highest BCUT2D eigenvalue weighted by molar-refractivity contribution is 6.67. The normalized spacial score (nSPS) is 13.7. The first-order valence-electron chi connectivity index (χ1n) is 8.45. The van der Waals surface area contributed by atoms with Crippen LogP contribution in [0, 0.1) is 0 Å². The molecule has 0 aromatic carbocycles. The van der Waals surface area contributed by atoms with Crippen molar-refractivity contribution in [3.05, 3.63) is 0 Å². The van der Waals surface area contributed by atoms with Gasteiger partial charge in [-0.05, 0) is 31.9 Å². The maximum Gasteiger partial charge on any atom is 0.337 e. The Kier molecular flexibility index (Phi) is 12.0. The van der Waals surface area contributed by atoms with Gasteiger partial charge in [0.05, 0.1) is 0 Å². The SMILES string of the molecule is CCCCCCCO[Si](CC)(CC)OC(C)CCC. The predicted octanol–water partition coefficient (Wildman–Crippen LogP) is 5.66. The standard InChI is InChI=1S/C16H36O2Si/c1-6-10-11-12-13-15-17-19(8-3,9-4)18-16(5)14-7-2/h16H,6-15H2,1-5H3. The Labute approximate surface area is 122 Å². The smallest absolute Gasteiger partial charge is 0.337 e. The molecule has 0 aromatic rings. The largest absolute Gasteiger partial charge is 0.394 e. The summed E-state index contributed by atoms with van der Waals surface area (Å²) in [5.41, 5.74) is 0. The Balaban J connectivity index is 4.01. The van der Waals surface area contributed by atoms with E-state index in [9.17, 15) is 0 Å². The summed E-state index contributed by atoms with van der Waals surface area (Å²) in [6.45, 7) is 12.0. The summed E-state index contributed by atoms with van der Waals surface area (Å²) in [7, 11) is -1.91. The summed E-state index contributed by atoms with van der Waals surface area (Å²) in [5, 5.41) is 0. The van der Waals surface area contributed by atoms with E-state index in [0.717, 1.165) is 25.1 Å². The third-order valence-corrected chi connectivity index (χ3v) is 7.52. The molecule has 0 fully saturated rings. The molecule has 0 aliphatic carbocycles. The van der Waals surface area contributed by atoms with E-state index in [-0.39, 0.29) is 0 Å². The number of rotatable bonds is 13. The van der Waals surface area contributed by atoms with Crippen LogP contribution in [0.15, 0.2) is 0 Å². The van der Waals surface area contributed by atoms with Crippen molar-refractivity contribution in [1.82, 2.24) is 0 Å². The fourth-order valence-corrected chi connectivity index (χ4v) is 5.13. The highest BCUT2D eigenvalue weighted by atomic mass is 28.4. The molecule has 0 rings (SSSR count). The van der Waals surface area contributed by atoms with Crippen molar-refractivity contribution in [3.63, 3.8) is 0 Å². The zero-order valence-electron chi connectivity index (χ0n) is 14.0. The second-order valence-corrected chi connectivity index (χ2v) is 9.36. The van der Waals surface area contributed by atoms with E-state index in [0.29, 0.717) is 6.10 Å². The topological polar surface area (TPSA) is 18.5 Å². The molecule has 19 heavy (non-hydrogen) atoms. The van der Waals surface area contributed by atoms with Gasteiger partial charge in [-0.1, -0.05) is 59.8 Å². The van der Waals surface area contributed by atoms with Crippen LogP contribution in [0.1, 0.15) is 79.6 Å². The van der Waals surface area contributed by atoms with Gasteiger partial charge in [0.2, 0.25) is 0 Å². The molecule has 0 radical (unpaired) electrons. The average Bonchev–Trinajstić information content (AvgIpc) is 2.41. The summed E-state index contributed by atoms with van der Waals surface area (Å²) < 4.78 is 12.6. The van der Waals surface area contributed by atoms with Gasteiger partial charge in [-0.3, -0.25) is 0 Å². The van der Waals surface area contributed by atoms with E-state index in [1.165, 1.54) is 38.5 Å². The molecule has 1 unspecified atom stereocenters. The highest BCUT2D eigenvalue weighted by Gasteiger charge is 2.35. The molecule has 0 N–H and O–H groups in total. The number of hydrogen-bond acceptors (Lipinski definition) is 2. The summed E-state index contributed by atoms with van der Waals surface area (Å²) in [5.74, 6) is 0. The summed E-state index contributed by atoms with van der Waals surface area (Å²) >= 11 is 0. The first-order chi connectivity index (χ1) is 9.14. The van der Waals surface area contributed by atoms with E-state index in [4.69, 9.17) is 8.85 Å². The van der Waals surface area contributed by atoms with Gasteiger partial charge in [-0.15, -0.1) is 0 Å². The Morgan fingerprint density at radius 2 is 1.47 bits per heavy atom. The quantitative estimate of drug-likeness (QED) is 0.321. The second-order valence-electron chi connectivity index (χ2n) is 5.60. The van der Waals surface area contributed by atoms with Crippen LogP contribution in [0.3, 0.4) is 0 Å². The van der Waals surface area contributed by atoms with Gasteiger partial charge in [-0.2, -0.15) is 0 Å². The summed E-state index contributed by atoms with van der Waals surface area (Å²) in [4.78, 5) is 0. The minimum atomic E-state index is -1.91. The fourth-order valence-electron chi connectivity index (χ4n) is 2.45. The molecule has 0 saturated heterocycles. The minimum Gasteiger partial charge on any atom is -0.394 e. The van der Waals surface area contributed by atoms with Gasteiger partial charge in [0.25, 0.3) is 0 Å². The molecule has 0 spiro atoms. The fraction of sp³-hybridized carbons (Fsp3) is 1.00. The summed E-state index contributed by atoms with van der Waals surface area (Å²) in [6.07, 6.45) is 9.20. The lowest BCUT2D eigenvalue weighted by atomic mass is 10.2. The molecule has 1 atom stereocenters. The van der Waals surface area contributed by atoms with Crippen LogP contribution in [0.5, 0.6) is 0 Å². The van der Waals surface area contributed by atoms with Crippen molar-refractivity contribution < 1.29 is 8.85 Å². The molecule has 3 heteroatoms. The number of hydrogen-bond donors (Lipinski definition) is 0.